The number of hydrogen-bond acceptors (Lipinski definition) is 1. The van der Waals surface area contributed by atoms with Gasteiger partial charge in [0.1, 0.15) is 0 Å². The van der Waals surface area contributed by atoms with Gasteiger partial charge in [0.2, 0.25) is 0 Å². The van der Waals surface area contributed by atoms with E-state index in [2.05, 4.69) is 43.4 Å². The first-order valence-electron chi connectivity index (χ1n) is 4.61. The number of rotatable bonds is 0. The molecule has 1 aliphatic heterocycles. The van der Waals surface area contributed by atoms with Crippen LogP contribution in [-0.2, 0) is 0 Å². The van der Waals surface area contributed by atoms with Crippen LogP contribution in [0.25, 0.3) is 0 Å². The Balaban J connectivity index is 0.000000845. The van der Waals surface area contributed by atoms with Crippen LogP contribution in [0.2, 0.25) is 0 Å². The Kier molecular flexibility index (Phi) is 3.34. The van der Waals surface area contributed by atoms with Gasteiger partial charge in [0.15, 0.2) is 0 Å². The van der Waals surface area contributed by atoms with E-state index in [4.69, 9.17) is 0 Å². The first kappa shape index (κ1) is 10.6. The fraction of sp³-hybridized carbons (Fsp3) is 0.455. The van der Waals surface area contributed by atoms with Crippen LogP contribution in [0.1, 0.15) is 36.9 Å². The SMILES string of the molecule is CC1CNC(C)c2ccccc21.Cl. The molecule has 1 heterocycles. The molecule has 0 amide bonds. The fourth-order valence-corrected chi connectivity index (χ4v) is 1.93. The van der Waals surface area contributed by atoms with Crippen LogP contribution < -0.4 is 5.32 Å². The predicted octanol–water partition coefficient (Wildman–Crippen LogP) is 2.88. The summed E-state index contributed by atoms with van der Waals surface area (Å²) in [6, 6.07) is 9.25. The van der Waals surface area contributed by atoms with Gasteiger partial charge in [-0.25, -0.2) is 0 Å². The highest BCUT2D eigenvalue weighted by Crippen LogP contribution is 2.28. The van der Waals surface area contributed by atoms with Gasteiger partial charge in [-0.2, -0.15) is 0 Å². The van der Waals surface area contributed by atoms with E-state index in [1.165, 1.54) is 11.1 Å². The van der Waals surface area contributed by atoms with Crippen molar-refractivity contribution >= 4 is 12.4 Å². The van der Waals surface area contributed by atoms with Gasteiger partial charge in [-0.1, -0.05) is 31.2 Å². The minimum absolute atomic E-state index is 0. The van der Waals surface area contributed by atoms with Crippen LogP contribution >= 0.6 is 12.4 Å². The monoisotopic (exact) mass is 197 g/mol. The van der Waals surface area contributed by atoms with E-state index in [0.29, 0.717) is 12.0 Å². The third-order valence-electron chi connectivity index (χ3n) is 2.72. The molecule has 2 heteroatoms. The molecule has 0 saturated carbocycles. The largest absolute Gasteiger partial charge is 0.310 e. The second kappa shape index (κ2) is 4.12. The summed E-state index contributed by atoms with van der Waals surface area (Å²) < 4.78 is 0. The summed E-state index contributed by atoms with van der Waals surface area (Å²) in [4.78, 5) is 0. The summed E-state index contributed by atoms with van der Waals surface area (Å²) in [6.45, 7) is 5.61. The molecule has 0 radical (unpaired) electrons. The van der Waals surface area contributed by atoms with E-state index in [1.807, 2.05) is 0 Å². The van der Waals surface area contributed by atoms with E-state index in [9.17, 15) is 0 Å². The number of halogens is 1. The van der Waals surface area contributed by atoms with Crippen LogP contribution in [-0.4, -0.2) is 6.54 Å². The van der Waals surface area contributed by atoms with Crippen LogP contribution in [0, 0.1) is 0 Å². The fourth-order valence-electron chi connectivity index (χ4n) is 1.93. The quantitative estimate of drug-likeness (QED) is 0.675. The number of nitrogens with one attached hydrogen (secondary N) is 1. The second-order valence-electron chi connectivity index (χ2n) is 3.66. The summed E-state index contributed by atoms with van der Waals surface area (Å²) in [6.07, 6.45) is 0. The maximum absolute atomic E-state index is 3.49. The smallest absolute Gasteiger partial charge is 0.0294 e. The zero-order chi connectivity index (χ0) is 8.55. The van der Waals surface area contributed by atoms with E-state index in [0.717, 1.165) is 6.54 Å². The van der Waals surface area contributed by atoms with Crippen molar-refractivity contribution in [2.75, 3.05) is 6.54 Å². The van der Waals surface area contributed by atoms with Gasteiger partial charge in [-0.3, -0.25) is 0 Å². The maximum atomic E-state index is 3.49. The summed E-state index contributed by atoms with van der Waals surface area (Å²) in [5.41, 5.74) is 2.99. The lowest BCUT2D eigenvalue weighted by Crippen LogP contribution is -2.30. The maximum Gasteiger partial charge on any atom is 0.0294 e. The lowest BCUT2D eigenvalue weighted by atomic mass is 9.88. The molecule has 0 aliphatic carbocycles. The predicted molar refractivity (Wildman–Crippen MR) is 58.5 cm³/mol. The Labute approximate surface area is 86.0 Å². The van der Waals surface area contributed by atoms with Crippen molar-refractivity contribution in [3.63, 3.8) is 0 Å². The molecular formula is C11H16ClN. The molecule has 1 aliphatic rings. The molecule has 1 aromatic rings. The highest BCUT2D eigenvalue weighted by Gasteiger charge is 2.19. The first-order valence-corrected chi connectivity index (χ1v) is 4.61. The van der Waals surface area contributed by atoms with Crippen molar-refractivity contribution in [2.24, 2.45) is 0 Å². The molecule has 1 nitrogen and oxygen atoms in total. The average molecular weight is 198 g/mol. The Morgan fingerprint density at radius 1 is 1.15 bits per heavy atom. The topological polar surface area (TPSA) is 12.0 Å². The van der Waals surface area contributed by atoms with Crippen molar-refractivity contribution < 1.29 is 0 Å². The van der Waals surface area contributed by atoms with Crippen molar-refractivity contribution in [2.45, 2.75) is 25.8 Å². The average Bonchev–Trinajstić information content (AvgIpc) is 2.12. The van der Waals surface area contributed by atoms with Gasteiger partial charge in [-0.15, -0.1) is 12.4 Å². The molecule has 0 spiro atoms. The van der Waals surface area contributed by atoms with E-state index in [1.54, 1.807) is 0 Å². The molecule has 1 aromatic carbocycles. The van der Waals surface area contributed by atoms with Gasteiger partial charge in [0, 0.05) is 12.6 Å². The number of hydrogen-bond donors (Lipinski definition) is 1. The lowest BCUT2D eigenvalue weighted by molar-refractivity contribution is 0.495. The third-order valence-corrected chi connectivity index (χ3v) is 2.72. The van der Waals surface area contributed by atoms with Gasteiger partial charge in [0.05, 0.1) is 0 Å². The highest BCUT2D eigenvalue weighted by atomic mass is 35.5. The molecule has 0 aromatic heterocycles. The molecule has 72 valence electrons. The van der Waals surface area contributed by atoms with E-state index in [-0.39, 0.29) is 12.4 Å². The summed E-state index contributed by atoms with van der Waals surface area (Å²) in [7, 11) is 0. The molecular weight excluding hydrogens is 182 g/mol. The molecule has 2 atom stereocenters. The van der Waals surface area contributed by atoms with Gasteiger partial charge >= 0.3 is 0 Å². The molecule has 2 unspecified atom stereocenters. The van der Waals surface area contributed by atoms with Crippen LogP contribution in [0.4, 0.5) is 0 Å². The van der Waals surface area contributed by atoms with Crippen molar-refractivity contribution in [3.8, 4) is 0 Å². The normalized spacial score (nSPS) is 26.0. The molecule has 2 rings (SSSR count). The zero-order valence-corrected chi connectivity index (χ0v) is 8.90. The van der Waals surface area contributed by atoms with Crippen LogP contribution in [0.3, 0.4) is 0 Å². The van der Waals surface area contributed by atoms with Gasteiger partial charge in [-0.05, 0) is 24.0 Å². The minimum atomic E-state index is 0. The second-order valence-corrected chi connectivity index (χ2v) is 3.66. The third kappa shape index (κ3) is 1.87. The molecule has 1 N–H and O–H groups in total. The zero-order valence-electron chi connectivity index (χ0n) is 8.08. The Hall–Kier alpha value is -0.530. The van der Waals surface area contributed by atoms with E-state index >= 15 is 0 Å². The molecule has 13 heavy (non-hydrogen) atoms. The van der Waals surface area contributed by atoms with Crippen LogP contribution in [0.5, 0.6) is 0 Å². The van der Waals surface area contributed by atoms with Crippen molar-refractivity contribution in [1.82, 2.24) is 5.32 Å². The van der Waals surface area contributed by atoms with Gasteiger partial charge in [0.25, 0.3) is 0 Å². The number of fused-ring (bicyclic) bond motifs is 1. The summed E-state index contributed by atoms with van der Waals surface area (Å²) >= 11 is 0. The Morgan fingerprint density at radius 2 is 1.77 bits per heavy atom. The van der Waals surface area contributed by atoms with E-state index < -0.39 is 0 Å². The molecule has 0 fully saturated rings. The van der Waals surface area contributed by atoms with Gasteiger partial charge < -0.3 is 5.32 Å². The van der Waals surface area contributed by atoms with Crippen LogP contribution in [0.15, 0.2) is 24.3 Å². The molecule has 0 saturated heterocycles. The first-order chi connectivity index (χ1) is 5.79. The van der Waals surface area contributed by atoms with Crippen molar-refractivity contribution in [3.05, 3.63) is 35.4 Å². The standard InChI is InChI=1S/C11H15N.ClH/c1-8-7-12-9(2)11-6-4-3-5-10(8)11;/h3-6,8-9,12H,7H2,1-2H3;1H. The minimum Gasteiger partial charge on any atom is -0.310 e. The lowest BCUT2D eigenvalue weighted by Gasteiger charge is -2.28. The van der Waals surface area contributed by atoms with Crippen molar-refractivity contribution in [1.29, 1.82) is 0 Å². The number of benzene rings is 1. The highest BCUT2D eigenvalue weighted by molar-refractivity contribution is 5.85. The summed E-state index contributed by atoms with van der Waals surface area (Å²) in [5.74, 6) is 0.664. The molecule has 0 bridgehead atoms. The Morgan fingerprint density at radius 3 is 2.38 bits per heavy atom. The Bertz CT molecular complexity index is 256. The summed E-state index contributed by atoms with van der Waals surface area (Å²) in [5, 5.41) is 3.49.